The molecular weight excluding hydrogens is 430 g/mol. The van der Waals surface area contributed by atoms with Gasteiger partial charge in [-0.25, -0.2) is 14.8 Å². The molecule has 5 rings (SSSR count). The summed E-state index contributed by atoms with van der Waals surface area (Å²) in [6, 6.07) is 8.35. The Bertz CT molecular complexity index is 1240. The van der Waals surface area contributed by atoms with E-state index in [9.17, 15) is 9.90 Å². The van der Waals surface area contributed by atoms with Crippen LogP contribution in [0, 0.1) is 0 Å². The van der Waals surface area contributed by atoms with Gasteiger partial charge in [-0.2, -0.15) is 5.10 Å². The van der Waals surface area contributed by atoms with Crippen molar-refractivity contribution in [3.63, 3.8) is 0 Å². The van der Waals surface area contributed by atoms with E-state index in [1.165, 1.54) is 5.56 Å². The summed E-state index contributed by atoms with van der Waals surface area (Å²) in [4.78, 5) is 26.1. The van der Waals surface area contributed by atoms with E-state index in [-0.39, 0.29) is 11.1 Å². The molecule has 2 aromatic heterocycles. The van der Waals surface area contributed by atoms with Crippen LogP contribution < -0.4 is 5.32 Å². The monoisotopic (exact) mass is 461 g/mol. The van der Waals surface area contributed by atoms with Crippen molar-refractivity contribution in [2.75, 3.05) is 38.5 Å². The zero-order valence-corrected chi connectivity index (χ0v) is 20.2. The maximum Gasteiger partial charge on any atom is 0.356 e. The van der Waals surface area contributed by atoms with Crippen molar-refractivity contribution in [1.29, 1.82) is 0 Å². The fourth-order valence-corrected chi connectivity index (χ4v) is 5.09. The van der Waals surface area contributed by atoms with Gasteiger partial charge in [0, 0.05) is 57.2 Å². The predicted molar refractivity (Wildman–Crippen MR) is 130 cm³/mol. The molecule has 0 amide bonds. The van der Waals surface area contributed by atoms with Gasteiger partial charge in [-0.1, -0.05) is 26.0 Å². The molecule has 3 heterocycles. The number of benzene rings is 1. The van der Waals surface area contributed by atoms with E-state index in [1.54, 1.807) is 11.7 Å². The van der Waals surface area contributed by atoms with Gasteiger partial charge in [-0.05, 0) is 42.1 Å². The first kappa shape index (κ1) is 22.5. The highest BCUT2D eigenvalue weighted by Gasteiger charge is 2.39. The first-order valence-electron chi connectivity index (χ1n) is 11.7. The predicted octanol–water partition coefficient (Wildman–Crippen LogP) is 2.90. The van der Waals surface area contributed by atoms with Gasteiger partial charge in [-0.3, -0.25) is 9.58 Å². The van der Waals surface area contributed by atoms with Gasteiger partial charge < -0.3 is 15.3 Å². The van der Waals surface area contributed by atoms with Crippen LogP contribution in [0.4, 0.5) is 11.6 Å². The molecule has 1 aliphatic carbocycles. The number of hydrogen-bond acceptors (Lipinski definition) is 7. The Balaban J connectivity index is 1.42. The van der Waals surface area contributed by atoms with Crippen LogP contribution in [0.1, 0.15) is 41.0 Å². The molecule has 1 fully saturated rings. The molecule has 2 aliphatic rings. The van der Waals surface area contributed by atoms with Crippen molar-refractivity contribution in [2.24, 2.45) is 7.05 Å². The number of likely N-dealkylation sites (N-methyl/N-ethyl adjacent to an activating group) is 1. The summed E-state index contributed by atoms with van der Waals surface area (Å²) in [6.07, 6.45) is 2.50. The Hall–Kier alpha value is -3.30. The standard InChI is InChI=1S/C25H31N7O2/c1-25(2)13-17-14-26-24(28-20(17)22-19(25)21(23(33)34)29-31(22)4)27-18-7-5-6-16(12-18)15-32-10-8-30(3)9-11-32/h5-7,12,14H,8-11,13,15H2,1-4H3,(H,33,34)(H,26,27,28). The lowest BCUT2D eigenvalue weighted by molar-refractivity contribution is 0.0686. The minimum atomic E-state index is -1.02. The number of nitrogens with zero attached hydrogens (tertiary/aromatic N) is 6. The average Bonchev–Trinajstić information content (AvgIpc) is 3.15. The molecule has 0 radical (unpaired) electrons. The topological polar surface area (TPSA) is 99.4 Å². The number of aryl methyl sites for hydroxylation is 1. The van der Waals surface area contributed by atoms with Gasteiger partial charge >= 0.3 is 5.97 Å². The Morgan fingerprint density at radius 1 is 1.18 bits per heavy atom. The molecule has 0 saturated carbocycles. The number of fused-ring (bicyclic) bond motifs is 3. The van der Waals surface area contributed by atoms with Crippen LogP contribution in [0.25, 0.3) is 11.4 Å². The fraction of sp³-hybridized carbons (Fsp3) is 0.440. The number of piperazine rings is 1. The van der Waals surface area contributed by atoms with Gasteiger partial charge in [0.25, 0.3) is 0 Å². The third kappa shape index (κ3) is 4.17. The molecule has 34 heavy (non-hydrogen) atoms. The van der Waals surface area contributed by atoms with E-state index in [0.29, 0.717) is 12.4 Å². The molecule has 9 heteroatoms. The van der Waals surface area contributed by atoms with Crippen LogP contribution in [-0.2, 0) is 25.4 Å². The van der Waals surface area contributed by atoms with E-state index in [2.05, 4.69) is 44.4 Å². The molecule has 0 bridgehead atoms. The Morgan fingerprint density at radius 2 is 1.94 bits per heavy atom. The smallest absolute Gasteiger partial charge is 0.356 e. The number of nitrogens with one attached hydrogen (secondary N) is 1. The fourth-order valence-electron chi connectivity index (χ4n) is 5.09. The van der Waals surface area contributed by atoms with Crippen LogP contribution in [-0.4, -0.2) is 73.9 Å². The zero-order valence-electron chi connectivity index (χ0n) is 20.2. The summed E-state index contributed by atoms with van der Waals surface area (Å²) in [6.45, 7) is 9.34. The van der Waals surface area contributed by atoms with Crippen molar-refractivity contribution in [3.05, 3.63) is 52.8 Å². The molecule has 3 aromatic rings. The number of carboxylic acids is 1. The second kappa shape index (κ2) is 8.48. The number of rotatable bonds is 5. The van der Waals surface area contributed by atoms with Crippen molar-refractivity contribution < 1.29 is 9.90 Å². The summed E-state index contributed by atoms with van der Waals surface area (Å²) in [5.74, 6) is -0.530. The number of hydrogen-bond donors (Lipinski definition) is 2. The molecule has 2 N–H and O–H groups in total. The molecule has 1 aromatic carbocycles. The van der Waals surface area contributed by atoms with Crippen LogP contribution in [0.5, 0.6) is 0 Å². The van der Waals surface area contributed by atoms with Gasteiger partial charge in [0.15, 0.2) is 5.69 Å². The molecule has 9 nitrogen and oxygen atoms in total. The maximum absolute atomic E-state index is 11.9. The molecule has 1 aliphatic heterocycles. The molecule has 1 saturated heterocycles. The van der Waals surface area contributed by atoms with Crippen molar-refractivity contribution in [3.8, 4) is 11.4 Å². The summed E-state index contributed by atoms with van der Waals surface area (Å²) >= 11 is 0. The van der Waals surface area contributed by atoms with E-state index in [1.807, 2.05) is 32.2 Å². The van der Waals surface area contributed by atoms with Crippen LogP contribution in [0.2, 0.25) is 0 Å². The molecule has 178 valence electrons. The first-order valence-corrected chi connectivity index (χ1v) is 11.7. The van der Waals surface area contributed by atoms with Gasteiger partial charge in [0.05, 0.1) is 11.4 Å². The van der Waals surface area contributed by atoms with Crippen LogP contribution in [0.3, 0.4) is 0 Å². The van der Waals surface area contributed by atoms with Crippen molar-refractivity contribution >= 4 is 17.6 Å². The quantitative estimate of drug-likeness (QED) is 0.598. The SMILES string of the molecule is CN1CCN(Cc2cccc(Nc3ncc4c(n3)-c3c(c(C(=O)O)nn3C)C(C)(C)C4)c2)CC1. The second-order valence-electron chi connectivity index (χ2n) is 10.0. The molecule has 0 atom stereocenters. The van der Waals surface area contributed by atoms with Gasteiger partial charge in [0.2, 0.25) is 5.95 Å². The molecular formula is C25H31N7O2. The average molecular weight is 462 g/mol. The van der Waals surface area contributed by atoms with Crippen molar-refractivity contribution in [2.45, 2.75) is 32.2 Å². The normalized spacial score (nSPS) is 17.8. The molecule has 0 unspecified atom stereocenters. The maximum atomic E-state index is 11.9. The summed E-state index contributed by atoms with van der Waals surface area (Å²) < 4.78 is 1.63. The van der Waals surface area contributed by atoms with Gasteiger partial charge in [0.1, 0.15) is 0 Å². The molecule has 0 spiro atoms. The summed E-state index contributed by atoms with van der Waals surface area (Å²) in [7, 11) is 3.94. The van der Waals surface area contributed by atoms with Crippen molar-refractivity contribution in [1.82, 2.24) is 29.5 Å². The number of carbonyl (C=O) groups is 1. The zero-order chi connectivity index (χ0) is 24.0. The lowest BCUT2D eigenvalue weighted by Gasteiger charge is -2.32. The van der Waals surface area contributed by atoms with E-state index in [4.69, 9.17) is 4.98 Å². The minimum absolute atomic E-state index is 0.0953. The lowest BCUT2D eigenvalue weighted by atomic mass is 9.73. The Morgan fingerprint density at radius 3 is 2.68 bits per heavy atom. The third-order valence-corrected chi connectivity index (χ3v) is 6.83. The van der Waals surface area contributed by atoms with Crippen LogP contribution in [0.15, 0.2) is 30.5 Å². The van der Waals surface area contributed by atoms with E-state index < -0.39 is 5.97 Å². The van der Waals surface area contributed by atoms with E-state index >= 15 is 0 Å². The number of anilines is 2. The van der Waals surface area contributed by atoms with E-state index in [0.717, 1.165) is 60.9 Å². The number of aromatic nitrogens is 4. The Kier molecular flexibility index (Phi) is 5.61. The highest BCUT2D eigenvalue weighted by atomic mass is 16.4. The summed E-state index contributed by atoms with van der Waals surface area (Å²) in [5, 5.41) is 17.4. The number of carboxylic acid groups (broad SMARTS) is 1. The highest BCUT2D eigenvalue weighted by molar-refractivity contribution is 5.91. The lowest BCUT2D eigenvalue weighted by Crippen LogP contribution is -2.43. The largest absolute Gasteiger partial charge is 0.476 e. The number of aromatic carboxylic acids is 1. The third-order valence-electron chi connectivity index (χ3n) is 6.83. The Labute approximate surface area is 199 Å². The van der Waals surface area contributed by atoms with Gasteiger partial charge in [-0.15, -0.1) is 0 Å². The first-order chi connectivity index (χ1) is 16.2. The highest BCUT2D eigenvalue weighted by Crippen LogP contribution is 2.43. The second-order valence-corrected chi connectivity index (χ2v) is 10.0. The van der Waals surface area contributed by atoms with Crippen LogP contribution >= 0.6 is 0 Å². The summed E-state index contributed by atoms with van der Waals surface area (Å²) in [5.41, 5.74) is 5.10. The minimum Gasteiger partial charge on any atom is -0.476 e.